The van der Waals surface area contributed by atoms with Crippen LogP contribution >= 0.6 is 12.4 Å². The van der Waals surface area contributed by atoms with Crippen molar-refractivity contribution in [2.45, 2.75) is 50.5 Å². The summed E-state index contributed by atoms with van der Waals surface area (Å²) < 4.78 is 5.88. The Morgan fingerprint density at radius 1 is 1.08 bits per heavy atom. The maximum absolute atomic E-state index is 11.8. The zero-order chi connectivity index (χ0) is 25.1. The van der Waals surface area contributed by atoms with Gasteiger partial charge in [-0.25, -0.2) is 10.4 Å². The van der Waals surface area contributed by atoms with Crippen LogP contribution in [0, 0.1) is 0 Å². The molecule has 0 aliphatic carbocycles. The Balaban J connectivity index is 0.00000320. The highest BCUT2D eigenvalue weighted by molar-refractivity contribution is 5.85. The standard InChI is InChI=1S/C29H32N4O3.ClH/c1-19(21-11-13-23(14-12-21)36-18-20-7-3-2-4-8-20)15-27(30)32-33-26(28(33)29(34)35)16-22-17-31-25-10-6-5-9-24(22)25;/h2-14,17,19,26-28,31-32H,15-16,18,30H2,1H3,(H,34,35);1H/t19?,26-,27?,28-,33?;/m0./s1. The van der Waals surface area contributed by atoms with Gasteiger partial charge in [-0.2, -0.15) is 0 Å². The molecule has 37 heavy (non-hydrogen) atoms. The van der Waals surface area contributed by atoms with Gasteiger partial charge >= 0.3 is 5.97 Å². The molecule has 2 heterocycles. The number of halogens is 1. The van der Waals surface area contributed by atoms with Crippen molar-refractivity contribution in [3.63, 3.8) is 0 Å². The third kappa shape index (κ3) is 6.32. The number of aromatic nitrogens is 1. The van der Waals surface area contributed by atoms with Crippen molar-refractivity contribution in [3.8, 4) is 5.75 Å². The van der Waals surface area contributed by atoms with Crippen LogP contribution in [0.4, 0.5) is 0 Å². The number of H-pyrrole nitrogens is 1. The Hall–Kier alpha value is -3.36. The van der Waals surface area contributed by atoms with Crippen LogP contribution < -0.4 is 15.9 Å². The van der Waals surface area contributed by atoms with Crippen LogP contribution in [-0.4, -0.2) is 39.3 Å². The number of para-hydroxylation sites is 1. The number of fused-ring (bicyclic) bond motifs is 1. The summed E-state index contributed by atoms with van der Waals surface area (Å²) in [6, 6.07) is 25.5. The second-order valence-corrected chi connectivity index (χ2v) is 9.54. The third-order valence-electron chi connectivity index (χ3n) is 6.91. The lowest BCUT2D eigenvalue weighted by Crippen LogP contribution is -2.43. The number of nitrogens with two attached hydrogens (primary N) is 1. The second-order valence-electron chi connectivity index (χ2n) is 9.54. The highest BCUT2D eigenvalue weighted by Crippen LogP contribution is 2.32. The van der Waals surface area contributed by atoms with Crippen molar-refractivity contribution in [2.24, 2.45) is 5.73 Å². The van der Waals surface area contributed by atoms with E-state index in [1.807, 2.05) is 66.9 Å². The first-order valence-corrected chi connectivity index (χ1v) is 12.3. The summed E-state index contributed by atoms with van der Waals surface area (Å²) in [5.41, 5.74) is 14.1. The van der Waals surface area contributed by atoms with E-state index in [0.717, 1.165) is 33.3 Å². The molecule has 1 aliphatic heterocycles. The number of aromatic amines is 1. The first-order valence-electron chi connectivity index (χ1n) is 12.3. The van der Waals surface area contributed by atoms with Crippen LogP contribution in [-0.2, 0) is 17.8 Å². The fourth-order valence-corrected chi connectivity index (χ4v) is 4.87. The number of carbonyl (C=O) groups is 1. The van der Waals surface area contributed by atoms with Crippen molar-refractivity contribution in [2.75, 3.05) is 0 Å². The van der Waals surface area contributed by atoms with E-state index in [1.165, 1.54) is 0 Å². The molecule has 8 heteroatoms. The van der Waals surface area contributed by atoms with Gasteiger partial charge in [-0.15, -0.1) is 12.4 Å². The number of carboxylic acid groups (broad SMARTS) is 1. The van der Waals surface area contributed by atoms with Gasteiger partial charge in [-0.3, -0.25) is 4.79 Å². The van der Waals surface area contributed by atoms with Crippen molar-refractivity contribution in [1.82, 2.24) is 15.4 Å². The minimum Gasteiger partial charge on any atom is -0.489 e. The van der Waals surface area contributed by atoms with E-state index in [2.05, 4.69) is 35.5 Å². The zero-order valence-electron chi connectivity index (χ0n) is 20.7. The molecule has 0 saturated carbocycles. The molecular formula is C29H33ClN4O3. The van der Waals surface area contributed by atoms with Crippen LogP contribution in [0.25, 0.3) is 10.9 Å². The lowest BCUT2D eigenvalue weighted by Gasteiger charge is -2.20. The predicted molar refractivity (Wildman–Crippen MR) is 148 cm³/mol. The first kappa shape index (κ1) is 26.7. The maximum Gasteiger partial charge on any atom is 0.324 e. The van der Waals surface area contributed by atoms with E-state index in [0.29, 0.717) is 19.4 Å². The molecule has 7 nitrogen and oxygen atoms in total. The largest absolute Gasteiger partial charge is 0.489 e. The number of rotatable bonds is 11. The van der Waals surface area contributed by atoms with Gasteiger partial charge in [0.15, 0.2) is 0 Å². The summed E-state index contributed by atoms with van der Waals surface area (Å²) in [5, 5.41) is 12.6. The van der Waals surface area contributed by atoms with E-state index < -0.39 is 12.0 Å². The zero-order valence-corrected chi connectivity index (χ0v) is 21.5. The van der Waals surface area contributed by atoms with Gasteiger partial charge in [-0.05, 0) is 53.6 Å². The Bertz CT molecular complexity index is 1310. The molecule has 1 fully saturated rings. The summed E-state index contributed by atoms with van der Waals surface area (Å²) in [5.74, 6) is 0.190. The van der Waals surface area contributed by atoms with Crippen LogP contribution in [0.5, 0.6) is 5.75 Å². The normalized spacial score (nSPS) is 20.1. The molecule has 0 spiro atoms. The molecule has 0 radical (unpaired) electrons. The van der Waals surface area contributed by atoms with Gasteiger partial charge in [0.1, 0.15) is 18.4 Å². The minimum atomic E-state index is -0.835. The lowest BCUT2D eigenvalue weighted by atomic mass is 9.96. The average molecular weight is 521 g/mol. The van der Waals surface area contributed by atoms with E-state index in [9.17, 15) is 9.90 Å². The Kier molecular flexibility index (Phi) is 8.51. The van der Waals surface area contributed by atoms with E-state index in [4.69, 9.17) is 10.5 Å². The molecule has 3 aromatic carbocycles. The predicted octanol–water partition coefficient (Wildman–Crippen LogP) is 4.83. The Morgan fingerprint density at radius 2 is 1.78 bits per heavy atom. The molecule has 5 rings (SSSR count). The number of hydrogen-bond acceptors (Lipinski definition) is 5. The van der Waals surface area contributed by atoms with E-state index >= 15 is 0 Å². The monoisotopic (exact) mass is 520 g/mol. The van der Waals surface area contributed by atoms with Gasteiger partial charge in [0.2, 0.25) is 0 Å². The van der Waals surface area contributed by atoms with Crippen LogP contribution in [0.15, 0.2) is 85.1 Å². The number of nitrogens with zero attached hydrogens (tertiary/aromatic N) is 1. The van der Waals surface area contributed by atoms with E-state index in [-0.39, 0.29) is 30.5 Å². The molecule has 0 bridgehead atoms. The van der Waals surface area contributed by atoms with Gasteiger partial charge in [0, 0.05) is 17.1 Å². The molecule has 1 aromatic heterocycles. The molecular weight excluding hydrogens is 488 g/mol. The van der Waals surface area contributed by atoms with Gasteiger partial charge < -0.3 is 20.6 Å². The van der Waals surface area contributed by atoms with E-state index in [1.54, 1.807) is 5.01 Å². The number of hydrogen-bond donors (Lipinski definition) is 4. The average Bonchev–Trinajstić information content (AvgIpc) is 3.40. The maximum atomic E-state index is 11.8. The molecule has 4 aromatic rings. The Morgan fingerprint density at radius 3 is 2.51 bits per heavy atom. The molecule has 194 valence electrons. The van der Waals surface area contributed by atoms with Crippen LogP contribution in [0.1, 0.15) is 36.0 Å². The summed E-state index contributed by atoms with van der Waals surface area (Å²) in [6.07, 6.45) is 2.92. The molecule has 5 atom stereocenters. The number of nitrogens with one attached hydrogen (secondary N) is 2. The fraction of sp³-hybridized carbons (Fsp3) is 0.276. The minimum absolute atomic E-state index is 0. The SMILES string of the molecule is CC(CC(N)NN1[C@H](C(=O)O)[C@@H]1Cc1c[nH]c2ccccc12)c1ccc(OCc2ccccc2)cc1.Cl. The molecule has 5 N–H and O–H groups in total. The van der Waals surface area contributed by atoms with Crippen molar-refractivity contribution in [3.05, 3.63) is 102 Å². The molecule has 1 aliphatic rings. The Labute approximate surface area is 223 Å². The fourth-order valence-electron chi connectivity index (χ4n) is 4.87. The van der Waals surface area contributed by atoms with Crippen LogP contribution in [0.2, 0.25) is 0 Å². The van der Waals surface area contributed by atoms with Gasteiger partial charge in [0.05, 0.1) is 12.2 Å². The summed E-state index contributed by atoms with van der Waals surface area (Å²) in [7, 11) is 0. The van der Waals surface area contributed by atoms with Gasteiger partial charge in [-0.1, -0.05) is 67.6 Å². The number of benzene rings is 3. The number of aliphatic carboxylic acids is 1. The third-order valence-corrected chi connectivity index (χ3v) is 6.91. The van der Waals surface area contributed by atoms with Crippen molar-refractivity contribution >= 4 is 29.3 Å². The summed E-state index contributed by atoms with van der Waals surface area (Å²) in [6.45, 7) is 2.66. The quantitative estimate of drug-likeness (QED) is 0.167. The highest BCUT2D eigenvalue weighted by atomic mass is 35.5. The van der Waals surface area contributed by atoms with Crippen LogP contribution in [0.3, 0.4) is 0 Å². The van der Waals surface area contributed by atoms with Gasteiger partial charge in [0.25, 0.3) is 0 Å². The summed E-state index contributed by atoms with van der Waals surface area (Å²) >= 11 is 0. The number of hydrazine groups is 1. The van der Waals surface area contributed by atoms with Crippen molar-refractivity contribution in [1.29, 1.82) is 0 Å². The highest BCUT2D eigenvalue weighted by Gasteiger charge is 2.53. The number of carboxylic acids is 1. The molecule has 3 unspecified atom stereocenters. The second kappa shape index (κ2) is 11.8. The first-order chi connectivity index (χ1) is 17.5. The summed E-state index contributed by atoms with van der Waals surface area (Å²) in [4.78, 5) is 15.1. The molecule has 1 saturated heterocycles. The van der Waals surface area contributed by atoms with Crippen molar-refractivity contribution < 1.29 is 14.6 Å². The lowest BCUT2D eigenvalue weighted by molar-refractivity contribution is -0.137. The number of ether oxygens (including phenoxy) is 1. The molecule has 0 amide bonds. The topological polar surface area (TPSA) is 103 Å². The smallest absolute Gasteiger partial charge is 0.324 e.